The van der Waals surface area contributed by atoms with Gasteiger partial charge in [-0.25, -0.2) is 0 Å². The highest BCUT2D eigenvalue weighted by Crippen LogP contribution is 2.24. The number of ether oxygens (including phenoxy) is 2. The third kappa shape index (κ3) is 10.1. The predicted molar refractivity (Wildman–Crippen MR) is 96.1 cm³/mol. The van der Waals surface area contributed by atoms with Crippen molar-refractivity contribution in [3.8, 4) is 5.75 Å². The molecule has 1 saturated heterocycles. The summed E-state index contributed by atoms with van der Waals surface area (Å²) in [6, 6.07) is 4.86. The molecule has 0 aromatic heterocycles. The van der Waals surface area contributed by atoms with Crippen LogP contribution in [0.25, 0.3) is 0 Å². The van der Waals surface area contributed by atoms with Gasteiger partial charge in [-0.2, -0.15) is 13.2 Å². The Morgan fingerprint density at radius 3 is 2.13 bits per heavy atom. The summed E-state index contributed by atoms with van der Waals surface area (Å²) in [6.45, 7) is 2.13. The summed E-state index contributed by atoms with van der Waals surface area (Å²) < 4.78 is 80.7. The number of amides is 1. The van der Waals surface area contributed by atoms with E-state index in [0.717, 1.165) is 12.1 Å². The summed E-state index contributed by atoms with van der Waals surface area (Å²) in [7, 11) is 0. The van der Waals surface area contributed by atoms with Gasteiger partial charge in [0, 0.05) is 45.0 Å². The number of rotatable bonds is 9. The lowest BCUT2D eigenvalue weighted by Gasteiger charge is -2.34. The van der Waals surface area contributed by atoms with E-state index in [1.165, 1.54) is 12.1 Å². The van der Waals surface area contributed by atoms with Crippen LogP contribution >= 0.6 is 0 Å². The average molecular weight is 443 g/mol. The number of nitrogens with one attached hydrogen (secondary N) is 1. The highest BCUT2D eigenvalue weighted by atomic mass is 19.4. The SMILES string of the molecule is O=C(CN1CCN(CCCOCC(F)(F)F)CC1)Nc1ccc(OC(F)(F)F)cc1. The van der Waals surface area contributed by atoms with Crippen LogP contribution in [0.15, 0.2) is 24.3 Å². The molecule has 0 spiro atoms. The number of nitrogens with zero attached hydrogens (tertiary/aromatic N) is 2. The summed E-state index contributed by atoms with van der Waals surface area (Å²) in [4.78, 5) is 16.1. The lowest BCUT2D eigenvalue weighted by atomic mass is 10.2. The molecular formula is C18H23F6N3O3. The van der Waals surface area contributed by atoms with Crippen LogP contribution in [0.1, 0.15) is 6.42 Å². The number of carbonyl (C=O) groups is 1. The van der Waals surface area contributed by atoms with Gasteiger partial charge in [0.05, 0.1) is 6.54 Å². The predicted octanol–water partition coefficient (Wildman–Crippen LogP) is 3.11. The van der Waals surface area contributed by atoms with E-state index in [0.29, 0.717) is 44.8 Å². The Hall–Kier alpha value is -2.05. The van der Waals surface area contributed by atoms with Gasteiger partial charge in [0.1, 0.15) is 12.4 Å². The summed E-state index contributed by atoms with van der Waals surface area (Å²) in [5.74, 6) is -0.672. The molecule has 0 unspecified atom stereocenters. The van der Waals surface area contributed by atoms with Crippen LogP contribution in [-0.4, -0.2) is 80.7 Å². The van der Waals surface area contributed by atoms with Gasteiger partial charge < -0.3 is 19.7 Å². The number of piperazine rings is 1. The van der Waals surface area contributed by atoms with Crippen molar-refractivity contribution < 1.29 is 40.6 Å². The quantitative estimate of drug-likeness (QED) is 0.470. The molecular weight excluding hydrogens is 420 g/mol. The zero-order valence-electron chi connectivity index (χ0n) is 16.1. The van der Waals surface area contributed by atoms with Crippen molar-refractivity contribution in [3.63, 3.8) is 0 Å². The van der Waals surface area contributed by atoms with Crippen molar-refractivity contribution in [2.45, 2.75) is 19.0 Å². The second-order valence-corrected chi connectivity index (χ2v) is 6.76. The molecule has 12 heteroatoms. The van der Waals surface area contributed by atoms with Gasteiger partial charge in [-0.15, -0.1) is 13.2 Å². The lowest BCUT2D eigenvalue weighted by molar-refractivity contribution is -0.274. The fraction of sp³-hybridized carbons (Fsp3) is 0.611. The standard InChI is InChI=1S/C18H23F6N3O3/c19-17(20,21)13-29-11-1-6-26-7-9-27(10-8-26)12-16(28)25-14-2-4-15(5-3-14)30-18(22,23)24/h2-5H,1,6-13H2,(H,25,28). The summed E-state index contributed by atoms with van der Waals surface area (Å²) >= 11 is 0. The van der Waals surface area contributed by atoms with E-state index in [1.807, 2.05) is 4.90 Å². The summed E-state index contributed by atoms with van der Waals surface area (Å²) in [5.41, 5.74) is 0.354. The third-order valence-corrected chi connectivity index (χ3v) is 4.23. The van der Waals surface area contributed by atoms with Crippen molar-refractivity contribution in [1.29, 1.82) is 0 Å². The molecule has 1 aliphatic rings. The lowest BCUT2D eigenvalue weighted by Crippen LogP contribution is -2.48. The molecule has 170 valence electrons. The van der Waals surface area contributed by atoms with Crippen LogP contribution < -0.4 is 10.1 Å². The normalized spacial score (nSPS) is 16.5. The number of carbonyl (C=O) groups excluding carboxylic acids is 1. The molecule has 6 nitrogen and oxygen atoms in total. The maximum Gasteiger partial charge on any atom is 0.573 e. The molecule has 2 rings (SSSR count). The van der Waals surface area contributed by atoms with Gasteiger partial charge in [0.2, 0.25) is 5.91 Å². The van der Waals surface area contributed by atoms with E-state index >= 15 is 0 Å². The second-order valence-electron chi connectivity index (χ2n) is 6.76. The Morgan fingerprint density at radius 1 is 0.967 bits per heavy atom. The monoisotopic (exact) mass is 443 g/mol. The number of halogens is 6. The third-order valence-electron chi connectivity index (χ3n) is 4.23. The fourth-order valence-corrected chi connectivity index (χ4v) is 2.89. The molecule has 1 amide bonds. The maximum absolute atomic E-state index is 12.1. The minimum atomic E-state index is -4.77. The summed E-state index contributed by atoms with van der Waals surface area (Å²) in [6.07, 6.45) is -8.60. The first-order valence-electron chi connectivity index (χ1n) is 9.25. The highest BCUT2D eigenvalue weighted by molar-refractivity contribution is 5.92. The molecule has 0 bridgehead atoms. The van der Waals surface area contributed by atoms with Gasteiger partial charge in [-0.1, -0.05) is 0 Å². The van der Waals surface area contributed by atoms with Gasteiger partial charge in [-0.3, -0.25) is 9.69 Å². The Kier molecular flexibility index (Phi) is 8.74. The van der Waals surface area contributed by atoms with Gasteiger partial charge in [0.15, 0.2) is 0 Å². The molecule has 1 aromatic rings. The molecule has 0 radical (unpaired) electrons. The first-order valence-corrected chi connectivity index (χ1v) is 9.25. The van der Waals surface area contributed by atoms with E-state index in [4.69, 9.17) is 0 Å². The van der Waals surface area contributed by atoms with Crippen molar-refractivity contribution in [2.75, 3.05) is 57.8 Å². The minimum Gasteiger partial charge on any atom is -0.406 e. The van der Waals surface area contributed by atoms with Crippen LogP contribution in [0, 0.1) is 0 Å². The fourth-order valence-electron chi connectivity index (χ4n) is 2.89. The number of alkyl halides is 6. The molecule has 1 aliphatic heterocycles. The smallest absolute Gasteiger partial charge is 0.406 e. The van der Waals surface area contributed by atoms with Crippen LogP contribution in [0.4, 0.5) is 32.0 Å². The first-order chi connectivity index (χ1) is 14.0. The Labute approximate surface area is 169 Å². The molecule has 0 atom stereocenters. The molecule has 30 heavy (non-hydrogen) atoms. The Balaban J connectivity index is 1.62. The zero-order chi connectivity index (χ0) is 22.2. The maximum atomic E-state index is 12.1. The van der Waals surface area contributed by atoms with Crippen LogP contribution in [0.3, 0.4) is 0 Å². The largest absolute Gasteiger partial charge is 0.573 e. The van der Waals surface area contributed by atoms with Gasteiger partial charge in [0.25, 0.3) is 0 Å². The highest BCUT2D eigenvalue weighted by Gasteiger charge is 2.31. The topological polar surface area (TPSA) is 54.0 Å². The Bertz CT molecular complexity index is 659. The number of hydrogen-bond donors (Lipinski definition) is 1. The van der Waals surface area contributed by atoms with E-state index in [1.54, 1.807) is 0 Å². The average Bonchev–Trinajstić information content (AvgIpc) is 2.62. The zero-order valence-corrected chi connectivity index (χ0v) is 16.1. The molecule has 0 aliphatic carbocycles. The summed E-state index contributed by atoms with van der Waals surface area (Å²) in [5, 5.41) is 2.61. The number of anilines is 1. The van der Waals surface area contributed by atoms with Crippen molar-refractivity contribution in [2.24, 2.45) is 0 Å². The van der Waals surface area contributed by atoms with Crippen LogP contribution in [0.5, 0.6) is 5.75 Å². The minimum absolute atomic E-state index is 0.0366. The van der Waals surface area contributed by atoms with Crippen molar-refractivity contribution in [1.82, 2.24) is 9.80 Å². The van der Waals surface area contributed by atoms with E-state index in [-0.39, 0.29) is 24.8 Å². The van der Waals surface area contributed by atoms with E-state index in [9.17, 15) is 31.1 Å². The van der Waals surface area contributed by atoms with Gasteiger partial charge in [-0.05, 0) is 30.7 Å². The number of benzene rings is 1. The van der Waals surface area contributed by atoms with Gasteiger partial charge >= 0.3 is 12.5 Å². The molecule has 1 fully saturated rings. The molecule has 1 aromatic carbocycles. The first kappa shape index (κ1) is 24.2. The number of hydrogen-bond acceptors (Lipinski definition) is 5. The van der Waals surface area contributed by atoms with Crippen molar-refractivity contribution >= 4 is 11.6 Å². The van der Waals surface area contributed by atoms with Crippen molar-refractivity contribution in [3.05, 3.63) is 24.3 Å². The molecule has 1 heterocycles. The Morgan fingerprint density at radius 2 is 1.57 bits per heavy atom. The van der Waals surface area contributed by atoms with Crippen LogP contribution in [-0.2, 0) is 9.53 Å². The second kappa shape index (κ2) is 10.8. The molecule has 1 N–H and O–H groups in total. The van der Waals surface area contributed by atoms with E-state index in [2.05, 4.69) is 19.7 Å². The van der Waals surface area contributed by atoms with E-state index < -0.39 is 19.1 Å². The van der Waals surface area contributed by atoms with Crippen LogP contribution in [0.2, 0.25) is 0 Å². The molecule has 0 saturated carbocycles.